The molecule has 4 rings (SSSR count). The molecule has 142 valence electrons. The Kier molecular flexibility index (Phi) is 5.33. The molecule has 2 fully saturated rings. The van der Waals surface area contributed by atoms with E-state index in [0.717, 1.165) is 55.4 Å². The van der Waals surface area contributed by atoms with Gasteiger partial charge in [0.05, 0.1) is 6.61 Å². The summed E-state index contributed by atoms with van der Waals surface area (Å²) in [7, 11) is 0. The lowest BCUT2D eigenvalue weighted by Crippen LogP contribution is -2.22. The maximum Gasteiger partial charge on any atom is 0.201 e. The molecule has 0 N–H and O–H groups in total. The fourth-order valence-electron chi connectivity index (χ4n) is 4.67. The zero-order valence-corrected chi connectivity index (χ0v) is 15.8. The summed E-state index contributed by atoms with van der Waals surface area (Å²) in [6.07, 6.45) is 12.8. The zero-order valence-electron chi connectivity index (χ0n) is 15.8. The maximum absolute atomic E-state index is 14.6. The van der Waals surface area contributed by atoms with Crippen LogP contribution in [-0.2, 0) is 0 Å². The standard InChI is InChI=1S/C23H30F2O/c1-15-2-6-17(7-3-15)18-8-10-19(11-9-18)20-12-13-21(23(25)22(20)24)26-14-16-4-5-16/h10,12-13,15-18H,2-9,11,14H2,1H3. The Labute approximate surface area is 155 Å². The van der Waals surface area contributed by atoms with Crippen LogP contribution in [0.3, 0.4) is 0 Å². The normalized spacial score (nSPS) is 29.3. The quantitative estimate of drug-likeness (QED) is 0.563. The van der Waals surface area contributed by atoms with Gasteiger partial charge in [-0.1, -0.05) is 25.8 Å². The molecule has 1 aromatic carbocycles. The molecule has 3 heteroatoms. The van der Waals surface area contributed by atoms with Crippen molar-refractivity contribution in [3.63, 3.8) is 0 Å². The van der Waals surface area contributed by atoms with Crippen molar-refractivity contribution in [1.29, 1.82) is 0 Å². The van der Waals surface area contributed by atoms with E-state index in [0.29, 0.717) is 18.1 Å². The van der Waals surface area contributed by atoms with Crippen molar-refractivity contribution in [1.82, 2.24) is 0 Å². The highest BCUT2D eigenvalue weighted by Gasteiger charge is 2.29. The van der Waals surface area contributed by atoms with Crippen LogP contribution in [0, 0.1) is 35.3 Å². The zero-order chi connectivity index (χ0) is 18.1. The van der Waals surface area contributed by atoms with E-state index in [4.69, 9.17) is 4.74 Å². The largest absolute Gasteiger partial charge is 0.490 e. The van der Waals surface area contributed by atoms with E-state index in [2.05, 4.69) is 13.0 Å². The van der Waals surface area contributed by atoms with Gasteiger partial charge in [0.15, 0.2) is 11.6 Å². The van der Waals surface area contributed by atoms with Crippen LogP contribution in [0.2, 0.25) is 0 Å². The lowest BCUT2D eigenvalue weighted by atomic mass is 9.71. The average molecular weight is 360 g/mol. The molecule has 0 spiro atoms. The molecule has 0 aliphatic heterocycles. The molecule has 0 bridgehead atoms. The minimum atomic E-state index is -0.826. The van der Waals surface area contributed by atoms with Crippen molar-refractivity contribution >= 4 is 5.57 Å². The van der Waals surface area contributed by atoms with E-state index in [9.17, 15) is 8.78 Å². The number of rotatable bonds is 5. The summed E-state index contributed by atoms with van der Waals surface area (Å²) in [5.74, 6) is 1.44. The molecule has 1 atom stereocenters. The molecule has 26 heavy (non-hydrogen) atoms. The fraction of sp³-hybridized carbons (Fsp3) is 0.652. The highest BCUT2D eigenvalue weighted by atomic mass is 19.2. The average Bonchev–Trinajstić information content (AvgIpc) is 3.48. The summed E-state index contributed by atoms with van der Waals surface area (Å²) < 4.78 is 34.4. The smallest absolute Gasteiger partial charge is 0.201 e. The first-order valence-electron chi connectivity index (χ1n) is 10.4. The van der Waals surface area contributed by atoms with Crippen LogP contribution in [0.5, 0.6) is 5.75 Å². The van der Waals surface area contributed by atoms with Crippen LogP contribution in [0.25, 0.3) is 5.57 Å². The van der Waals surface area contributed by atoms with Gasteiger partial charge in [-0.15, -0.1) is 0 Å². The molecule has 0 saturated heterocycles. The van der Waals surface area contributed by atoms with Crippen molar-refractivity contribution < 1.29 is 13.5 Å². The Bertz CT molecular complexity index is 669. The molecule has 0 heterocycles. The number of allylic oxidation sites excluding steroid dienone is 2. The first-order chi connectivity index (χ1) is 12.6. The Hall–Kier alpha value is -1.38. The van der Waals surface area contributed by atoms with Crippen LogP contribution in [0.4, 0.5) is 8.78 Å². The summed E-state index contributed by atoms with van der Waals surface area (Å²) in [6, 6.07) is 3.31. The second kappa shape index (κ2) is 7.70. The summed E-state index contributed by atoms with van der Waals surface area (Å²) in [5, 5.41) is 0. The molecular weight excluding hydrogens is 330 g/mol. The van der Waals surface area contributed by atoms with E-state index >= 15 is 0 Å². The van der Waals surface area contributed by atoms with Gasteiger partial charge in [-0.3, -0.25) is 0 Å². The number of hydrogen-bond acceptors (Lipinski definition) is 1. The fourth-order valence-corrected chi connectivity index (χ4v) is 4.67. The number of hydrogen-bond donors (Lipinski definition) is 0. The summed E-state index contributed by atoms with van der Waals surface area (Å²) >= 11 is 0. The molecule has 3 aliphatic rings. The van der Waals surface area contributed by atoms with E-state index in [1.54, 1.807) is 12.1 Å². The Morgan fingerprint density at radius 2 is 1.69 bits per heavy atom. The summed E-state index contributed by atoms with van der Waals surface area (Å²) in [4.78, 5) is 0. The van der Waals surface area contributed by atoms with Gasteiger partial charge in [0.25, 0.3) is 0 Å². The third kappa shape index (κ3) is 3.97. The van der Waals surface area contributed by atoms with E-state index in [-0.39, 0.29) is 5.75 Å². The Morgan fingerprint density at radius 1 is 0.923 bits per heavy atom. The molecule has 3 aliphatic carbocycles. The molecule has 1 aromatic rings. The van der Waals surface area contributed by atoms with Crippen LogP contribution >= 0.6 is 0 Å². The summed E-state index contributed by atoms with van der Waals surface area (Å²) in [6.45, 7) is 2.85. The molecule has 2 saturated carbocycles. The van der Waals surface area contributed by atoms with Crippen molar-refractivity contribution in [2.75, 3.05) is 6.61 Å². The lowest BCUT2D eigenvalue weighted by molar-refractivity contribution is 0.202. The summed E-state index contributed by atoms with van der Waals surface area (Å²) in [5.41, 5.74) is 1.40. The van der Waals surface area contributed by atoms with E-state index in [1.165, 1.54) is 25.7 Å². The highest BCUT2D eigenvalue weighted by molar-refractivity contribution is 5.67. The first-order valence-corrected chi connectivity index (χ1v) is 10.4. The maximum atomic E-state index is 14.6. The van der Waals surface area contributed by atoms with E-state index in [1.807, 2.05) is 0 Å². The number of halogens is 2. The number of benzene rings is 1. The van der Waals surface area contributed by atoms with Crippen LogP contribution < -0.4 is 4.74 Å². The van der Waals surface area contributed by atoms with Crippen LogP contribution in [0.1, 0.15) is 70.3 Å². The Morgan fingerprint density at radius 3 is 2.35 bits per heavy atom. The second-order valence-electron chi connectivity index (χ2n) is 8.78. The SMILES string of the molecule is CC1CCC(C2CC=C(c3ccc(OCC4CC4)c(F)c3F)CC2)CC1. The second-order valence-corrected chi connectivity index (χ2v) is 8.78. The number of ether oxygens (including phenoxy) is 1. The monoisotopic (exact) mass is 360 g/mol. The highest BCUT2D eigenvalue weighted by Crippen LogP contribution is 2.42. The predicted octanol–water partition coefficient (Wildman–Crippen LogP) is 6.76. The Balaban J connectivity index is 1.41. The van der Waals surface area contributed by atoms with Gasteiger partial charge in [-0.2, -0.15) is 4.39 Å². The van der Waals surface area contributed by atoms with Gasteiger partial charge < -0.3 is 4.74 Å². The molecule has 0 radical (unpaired) electrons. The van der Waals surface area contributed by atoms with Crippen molar-refractivity contribution in [3.05, 3.63) is 35.4 Å². The van der Waals surface area contributed by atoms with Gasteiger partial charge in [-0.25, -0.2) is 4.39 Å². The lowest BCUT2D eigenvalue weighted by Gasteiger charge is -2.34. The predicted molar refractivity (Wildman–Crippen MR) is 101 cm³/mol. The minimum Gasteiger partial charge on any atom is -0.490 e. The van der Waals surface area contributed by atoms with Gasteiger partial charge in [0.2, 0.25) is 5.82 Å². The minimum absolute atomic E-state index is 0.0590. The van der Waals surface area contributed by atoms with Crippen LogP contribution in [-0.4, -0.2) is 6.61 Å². The molecule has 0 aromatic heterocycles. The topological polar surface area (TPSA) is 9.23 Å². The third-order valence-corrected chi connectivity index (χ3v) is 6.74. The van der Waals surface area contributed by atoms with E-state index < -0.39 is 11.6 Å². The third-order valence-electron chi connectivity index (χ3n) is 6.74. The van der Waals surface area contributed by atoms with Crippen molar-refractivity contribution in [2.24, 2.45) is 23.7 Å². The molecule has 0 amide bonds. The molecule has 1 unspecified atom stereocenters. The van der Waals surface area contributed by atoms with Gasteiger partial charge in [-0.05, 0) is 86.3 Å². The van der Waals surface area contributed by atoms with Crippen molar-refractivity contribution in [2.45, 2.75) is 64.7 Å². The molecular formula is C23H30F2O. The van der Waals surface area contributed by atoms with Gasteiger partial charge in [0, 0.05) is 5.56 Å². The van der Waals surface area contributed by atoms with Crippen molar-refractivity contribution in [3.8, 4) is 5.75 Å². The van der Waals surface area contributed by atoms with Gasteiger partial charge in [0.1, 0.15) is 0 Å². The first kappa shape index (κ1) is 18.0. The molecule has 1 nitrogen and oxygen atoms in total. The van der Waals surface area contributed by atoms with Crippen LogP contribution in [0.15, 0.2) is 18.2 Å². The van der Waals surface area contributed by atoms with Gasteiger partial charge >= 0.3 is 0 Å².